The molecular weight excluding hydrogens is 328 g/mol. The summed E-state index contributed by atoms with van der Waals surface area (Å²) in [5.74, 6) is 4.34. The quantitative estimate of drug-likeness (QED) is 0.829. The van der Waals surface area contributed by atoms with Gasteiger partial charge in [-0.05, 0) is 19.1 Å². The van der Waals surface area contributed by atoms with E-state index in [9.17, 15) is 9.59 Å². The Kier molecular flexibility index (Phi) is 6.08. The van der Waals surface area contributed by atoms with E-state index in [1.54, 1.807) is 19.2 Å². The Bertz CT molecular complexity index is 909. The third-order valence-electron chi connectivity index (χ3n) is 3.86. The summed E-state index contributed by atoms with van der Waals surface area (Å²) in [5, 5.41) is 2.77. The van der Waals surface area contributed by atoms with Gasteiger partial charge >= 0.3 is 0 Å². The molecule has 2 heterocycles. The SMILES string of the molecule is C#Cc1cncc(C(=O)NCC(C)N(C)C(=O)c2cncc(C#C)c2)c1. The maximum absolute atomic E-state index is 12.5. The van der Waals surface area contributed by atoms with Crippen LogP contribution in [0.4, 0.5) is 0 Å². The van der Waals surface area contributed by atoms with Gasteiger partial charge in [0.25, 0.3) is 11.8 Å². The van der Waals surface area contributed by atoms with Crippen LogP contribution in [0.2, 0.25) is 0 Å². The second-order valence-electron chi connectivity index (χ2n) is 5.69. The van der Waals surface area contributed by atoms with Crippen LogP contribution in [0.15, 0.2) is 36.9 Å². The number of aromatic nitrogens is 2. The van der Waals surface area contributed by atoms with Crippen molar-refractivity contribution in [3.63, 3.8) is 0 Å². The molecule has 0 spiro atoms. The molecule has 2 aromatic rings. The molecule has 0 saturated heterocycles. The van der Waals surface area contributed by atoms with Gasteiger partial charge in [0.15, 0.2) is 0 Å². The number of hydrogen-bond acceptors (Lipinski definition) is 4. The van der Waals surface area contributed by atoms with Gasteiger partial charge in [-0.15, -0.1) is 12.8 Å². The highest BCUT2D eigenvalue weighted by Gasteiger charge is 2.19. The van der Waals surface area contributed by atoms with Crippen LogP contribution in [0, 0.1) is 24.7 Å². The summed E-state index contributed by atoms with van der Waals surface area (Å²) in [6, 6.07) is 2.94. The Morgan fingerprint density at radius 1 is 1.08 bits per heavy atom. The Labute approximate surface area is 152 Å². The van der Waals surface area contributed by atoms with Crippen LogP contribution in [0.5, 0.6) is 0 Å². The molecule has 1 N–H and O–H groups in total. The van der Waals surface area contributed by atoms with Crippen molar-refractivity contribution in [3.05, 3.63) is 59.2 Å². The van der Waals surface area contributed by atoms with E-state index in [-0.39, 0.29) is 24.4 Å². The molecule has 2 aromatic heterocycles. The molecule has 2 rings (SSSR count). The normalized spacial score (nSPS) is 10.9. The third kappa shape index (κ3) is 4.46. The largest absolute Gasteiger partial charge is 0.350 e. The van der Waals surface area contributed by atoms with Gasteiger partial charge < -0.3 is 10.2 Å². The summed E-state index contributed by atoms with van der Waals surface area (Å²) in [7, 11) is 1.65. The van der Waals surface area contributed by atoms with Gasteiger partial charge in [-0.25, -0.2) is 0 Å². The first-order valence-electron chi connectivity index (χ1n) is 7.85. The molecule has 0 aliphatic rings. The Morgan fingerprint density at radius 2 is 1.62 bits per heavy atom. The maximum atomic E-state index is 12.5. The number of pyridine rings is 2. The molecule has 0 aromatic carbocycles. The summed E-state index contributed by atoms with van der Waals surface area (Å²) in [5.41, 5.74) is 1.82. The monoisotopic (exact) mass is 346 g/mol. The maximum Gasteiger partial charge on any atom is 0.255 e. The van der Waals surface area contributed by atoms with Gasteiger partial charge in [-0.3, -0.25) is 19.6 Å². The molecule has 26 heavy (non-hydrogen) atoms. The first kappa shape index (κ1) is 18.7. The number of carbonyl (C=O) groups is 2. The second kappa shape index (κ2) is 8.46. The lowest BCUT2D eigenvalue weighted by Gasteiger charge is -2.25. The number of nitrogens with zero attached hydrogens (tertiary/aromatic N) is 3. The summed E-state index contributed by atoms with van der Waals surface area (Å²) < 4.78 is 0. The number of carbonyl (C=O) groups excluding carboxylic acids is 2. The fraction of sp³-hybridized carbons (Fsp3) is 0.200. The molecule has 6 nitrogen and oxygen atoms in total. The van der Waals surface area contributed by atoms with E-state index in [2.05, 4.69) is 27.1 Å². The van der Waals surface area contributed by atoms with Crippen LogP contribution >= 0.6 is 0 Å². The zero-order valence-electron chi connectivity index (χ0n) is 14.6. The third-order valence-corrected chi connectivity index (χ3v) is 3.86. The lowest BCUT2D eigenvalue weighted by atomic mass is 10.1. The summed E-state index contributed by atoms with van der Waals surface area (Å²) in [4.78, 5) is 34.2. The zero-order valence-corrected chi connectivity index (χ0v) is 14.6. The van der Waals surface area contributed by atoms with E-state index in [4.69, 9.17) is 12.8 Å². The Hall–Kier alpha value is -3.64. The van der Waals surface area contributed by atoms with E-state index in [1.807, 2.05) is 6.92 Å². The average Bonchev–Trinajstić information content (AvgIpc) is 2.70. The van der Waals surface area contributed by atoms with Crippen LogP contribution in [-0.2, 0) is 0 Å². The van der Waals surface area contributed by atoms with Crippen molar-refractivity contribution in [3.8, 4) is 24.7 Å². The highest BCUT2D eigenvalue weighted by molar-refractivity contribution is 5.95. The fourth-order valence-electron chi connectivity index (χ4n) is 2.16. The molecule has 1 unspecified atom stereocenters. The highest BCUT2D eigenvalue weighted by Crippen LogP contribution is 2.08. The summed E-state index contributed by atoms with van der Waals surface area (Å²) in [6.45, 7) is 2.09. The van der Waals surface area contributed by atoms with Gasteiger partial charge in [-0.2, -0.15) is 0 Å². The molecule has 0 bridgehead atoms. The second-order valence-corrected chi connectivity index (χ2v) is 5.69. The van der Waals surface area contributed by atoms with Gasteiger partial charge in [0.05, 0.1) is 11.1 Å². The lowest BCUT2D eigenvalue weighted by Crippen LogP contribution is -2.43. The average molecular weight is 346 g/mol. The van der Waals surface area contributed by atoms with Crippen molar-refractivity contribution in [1.29, 1.82) is 0 Å². The molecular formula is C20H18N4O2. The molecule has 1 atom stereocenters. The predicted octanol–water partition coefficient (Wildman–Crippen LogP) is 1.33. The van der Waals surface area contributed by atoms with Gasteiger partial charge in [0, 0.05) is 55.5 Å². The van der Waals surface area contributed by atoms with E-state index in [1.165, 1.54) is 29.7 Å². The molecule has 0 fully saturated rings. The number of amides is 2. The Morgan fingerprint density at radius 3 is 2.19 bits per heavy atom. The van der Waals surface area contributed by atoms with Crippen molar-refractivity contribution in [1.82, 2.24) is 20.2 Å². The number of rotatable bonds is 5. The topological polar surface area (TPSA) is 75.2 Å². The minimum atomic E-state index is -0.307. The van der Waals surface area contributed by atoms with Crippen LogP contribution in [-0.4, -0.2) is 46.3 Å². The van der Waals surface area contributed by atoms with E-state index in [0.717, 1.165) is 0 Å². The smallest absolute Gasteiger partial charge is 0.255 e. The van der Waals surface area contributed by atoms with Crippen LogP contribution in [0.3, 0.4) is 0 Å². The van der Waals surface area contributed by atoms with Crippen LogP contribution in [0.1, 0.15) is 38.8 Å². The molecule has 6 heteroatoms. The Balaban J connectivity index is 1.99. The number of likely N-dealkylation sites (N-methyl/N-ethyl adjacent to an activating group) is 1. The van der Waals surface area contributed by atoms with Crippen molar-refractivity contribution in [2.24, 2.45) is 0 Å². The highest BCUT2D eigenvalue weighted by atomic mass is 16.2. The first-order valence-corrected chi connectivity index (χ1v) is 7.85. The molecule has 0 aliphatic carbocycles. The zero-order chi connectivity index (χ0) is 19.1. The number of terminal acetylenes is 2. The van der Waals surface area contributed by atoms with Crippen molar-refractivity contribution in [2.45, 2.75) is 13.0 Å². The van der Waals surface area contributed by atoms with Gasteiger partial charge in [0.1, 0.15) is 0 Å². The van der Waals surface area contributed by atoms with E-state index >= 15 is 0 Å². The van der Waals surface area contributed by atoms with Crippen LogP contribution in [0.25, 0.3) is 0 Å². The first-order chi connectivity index (χ1) is 12.5. The molecule has 2 amide bonds. The molecule has 0 radical (unpaired) electrons. The summed E-state index contributed by atoms with van der Waals surface area (Å²) in [6.07, 6.45) is 16.6. The van der Waals surface area contributed by atoms with E-state index < -0.39 is 0 Å². The van der Waals surface area contributed by atoms with Gasteiger partial charge in [0.2, 0.25) is 0 Å². The van der Waals surface area contributed by atoms with E-state index in [0.29, 0.717) is 22.3 Å². The molecule has 130 valence electrons. The minimum Gasteiger partial charge on any atom is -0.350 e. The lowest BCUT2D eigenvalue weighted by molar-refractivity contribution is 0.0731. The van der Waals surface area contributed by atoms with Crippen molar-refractivity contribution < 1.29 is 9.59 Å². The fourth-order valence-corrected chi connectivity index (χ4v) is 2.16. The van der Waals surface area contributed by atoms with Gasteiger partial charge in [-0.1, -0.05) is 11.8 Å². The van der Waals surface area contributed by atoms with Crippen molar-refractivity contribution in [2.75, 3.05) is 13.6 Å². The van der Waals surface area contributed by atoms with Crippen molar-refractivity contribution >= 4 is 11.8 Å². The standard InChI is InChI=1S/C20H18N4O2/c1-5-15-7-17(12-21-10-15)19(25)23-9-14(3)24(4)20(26)18-8-16(6-2)11-22-13-18/h1-2,7-8,10-14H,9H2,3-4H3,(H,23,25). The van der Waals surface area contributed by atoms with Crippen LogP contribution < -0.4 is 5.32 Å². The molecule has 0 aliphatic heterocycles. The number of hydrogen-bond donors (Lipinski definition) is 1. The minimum absolute atomic E-state index is 0.229. The number of nitrogens with one attached hydrogen (secondary N) is 1. The molecule has 0 saturated carbocycles. The predicted molar refractivity (Wildman–Crippen MR) is 98.2 cm³/mol. The summed E-state index contributed by atoms with van der Waals surface area (Å²) >= 11 is 0.